The third-order valence-electron chi connectivity index (χ3n) is 3.96. The van der Waals surface area contributed by atoms with Gasteiger partial charge in [0.2, 0.25) is 5.91 Å². The van der Waals surface area contributed by atoms with Gasteiger partial charge in [0.05, 0.1) is 13.7 Å². The number of nitrogens with one attached hydrogen (secondary N) is 1. The van der Waals surface area contributed by atoms with Gasteiger partial charge in [-0.2, -0.15) is 0 Å². The Hall–Kier alpha value is -2.28. The number of carbonyl (C=O) groups is 2. The molecule has 1 aliphatic heterocycles. The molecule has 1 N–H and O–H groups in total. The lowest BCUT2D eigenvalue weighted by atomic mass is 10.1. The Bertz CT molecular complexity index is 591. The minimum atomic E-state index is -0.227. The second-order valence-corrected chi connectivity index (χ2v) is 5.81. The number of hydrogen-bond acceptors (Lipinski definition) is 4. The summed E-state index contributed by atoms with van der Waals surface area (Å²) in [6.45, 7) is 4.61. The summed E-state index contributed by atoms with van der Waals surface area (Å²) in [5.41, 5.74) is 2.03. The molecule has 2 rings (SSSR count). The first-order chi connectivity index (χ1) is 11.5. The van der Waals surface area contributed by atoms with Gasteiger partial charge in [-0.3, -0.25) is 4.79 Å². The fourth-order valence-corrected chi connectivity index (χ4v) is 2.65. The Morgan fingerprint density at radius 2 is 2.04 bits per heavy atom. The second kappa shape index (κ2) is 8.54. The number of methoxy groups -OCH3 is 2. The Kier molecular flexibility index (Phi) is 6.43. The van der Waals surface area contributed by atoms with E-state index in [0.29, 0.717) is 32.8 Å². The van der Waals surface area contributed by atoms with Crippen molar-refractivity contribution in [2.24, 2.45) is 0 Å². The number of aryl methyl sites for hydroxylation is 1. The molecule has 1 saturated heterocycles. The molecule has 0 unspecified atom stereocenters. The van der Waals surface area contributed by atoms with Crippen molar-refractivity contribution >= 4 is 11.9 Å². The van der Waals surface area contributed by atoms with Crippen molar-refractivity contribution in [1.82, 2.24) is 15.1 Å². The van der Waals surface area contributed by atoms with Crippen molar-refractivity contribution in [1.29, 1.82) is 0 Å². The first kappa shape index (κ1) is 18.1. The molecule has 0 spiro atoms. The molecule has 7 nitrogen and oxygen atoms in total. The maximum Gasteiger partial charge on any atom is 0.318 e. The van der Waals surface area contributed by atoms with E-state index in [2.05, 4.69) is 5.32 Å². The van der Waals surface area contributed by atoms with Gasteiger partial charge in [-0.1, -0.05) is 6.07 Å². The van der Waals surface area contributed by atoms with E-state index in [1.807, 2.05) is 25.1 Å². The highest BCUT2D eigenvalue weighted by Crippen LogP contribution is 2.16. The number of carbonyl (C=O) groups excluding carboxylic acids is 2. The van der Waals surface area contributed by atoms with Crippen LogP contribution in [0.4, 0.5) is 4.79 Å². The van der Waals surface area contributed by atoms with Crippen LogP contribution in [-0.2, 0) is 16.1 Å². The topological polar surface area (TPSA) is 71.1 Å². The fraction of sp³-hybridized carbons (Fsp3) is 0.529. The van der Waals surface area contributed by atoms with Crippen LogP contribution in [0.3, 0.4) is 0 Å². The molecule has 7 heteroatoms. The van der Waals surface area contributed by atoms with Crippen molar-refractivity contribution in [2.75, 3.05) is 47.0 Å². The van der Waals surface area contributed by atoms with E-state index in [4.69, 9.17) is 9.47 Å². The normalized spacial score (nSPS) is 14.7. The molecule has 1 aliphatic rings. The number of nitrogens with zero attached hydrogens (tertiary/aromatic N) is 2. The summed E-state index contributed by atoms with van der Waals surface area (Å²) in [6, 6.07) is 5.59. The van der Waals surface area contributed by atoms with Crippen molar-refractivity contribution in [3.05, 3.63) is 29.3 Å². The van der Waals surface area contributed by atoms with E-state index in [9.17, 15) is 9.59 Å². The van der Waals surface area contributed by atoms with E-state index in [1.54, 1.807) is 24.0 Å². The lowest BCUT2D eigenvalue weighted by molar-refractivity contribution is -0.135. The van der Waals surface area contributed by atoms with Gasteiger partial charge in [0.25, 0.3) is 0 Å². The Morgan fingerprint density at radius 1 is 1.25 bits per heavy atom. The van der Waals surface area contributed by atoms with Gasteiger partial charge in [0.1, 0.15) is 12.3 Å². The molecule has 0 atom stereocenters. The lowest BCUT2D eigenvalue weighted by Gasteiger charge is -2.34. The minimum absolute atomic E-state index is 0.0503. The van der Waals surface area contributed by atoms with Crippen molar-refractivity contribution in [3.63, 3.8) is 0 Å². The third-order valence-corrected chi connectivity index (χ3v) is 3.96. The van der Waals surface area contributed by atoms with Crippen LogP contribution in [0.2, 0.25) is 0 Å². The first-order valence-corrected chi connectivity index (χ1v) is 7.97. The van der Waals surface area contributed by atoms with Crippen molar-refractivity contribution in [3.8, 4) is 5.75 Å². The van der Waals surface area contributed by atoms with Crippen LogP contribution in [0.15, 0.2) is 18.2 Å². The maximum atomic E-state index is 12.3. The Balaban J connectivity index is 1.85. The SMILES string of the molecule is COCCN1CCN(C(=O)NCc2cc(C)cc(OC)c2)CC1=O. The molecule has 0 aliphatic carbocycles. The van der Waals surface area contributed by atoms with E-state index in [-0.39, 0.29) is 18.5 Å². The molecule has 0 saturated carbocycles. The highest BCUT2D eigenvalue weighted by Gasteiger charge is 2.26. The number of amides is 3. The zero-order valence-corrected chi connectivity index (χ0v) is 14.5. The molecule has 1 fully saturated rings. The maximum absolute atomic E-state index is 12.3. The molecule has 24 heavy (non-hydrogen) atoms. The van der Waals surface area contributed by atoms with Crippen LogP contribution in [0.5, 0.6) is 5.75 Å². The number of piperazine rings is 1. The summed E-state index contributed by atoms with van der Waals surface area (Å²) >= 11 is 0. The first-order valence-electron chi connectivity index (χ1n) is 7.97. The highest BCUT2D eigenvalue weighted by molar-refractivity contribution is 5.85. The summed E-state index contributed by atoms with van der Waals surface area (Å²) in [4.78, 5) is 27.6. The smallest absolute Gasteiger partial charge is 0.318 e. The molecular weight excluding hydrogens is 310 g/mol. The largest absolute Gasteiger partial charge is 0.497 e. The van der Waals surface area contributed by atoms with E-state index < -0.39 is 0 Å². The summed E-state index contributed by atoms with van der Waals surface area (Å²) in [5.74, 6) is 0.715. The molecule has 3 amide bonds. The van der Waals surface area contributed by atoms with Gasteiger partial charge in [-0.15, -0.1) is 0 Å². The highest BCUT2D eigenvalue weighted by atomic mass is 16.5. The Morgan fingerprint density at radius 3 is 2.71 bits per heavy atom. The summed E-state index contributed by atoms with van der Waals surface area (Å²) in [5, 5.41) is 2.86. The van der Waals surface area contributed by atoms with Gasteiger partial charge in [0.15, 0.2) is 0 Å². The third kappa shape index (κ3) is 4.86. The standard InChI is InChI=1S/C17H25N3O4/c1-13-8-14(10-15(9-13)24-3)11-18-17(22)20-5-4-19(6-7-23-2)16(21)12-20/h8-10H,4-7,11-12H2,1-3H3,(H,18,22). The average molecular weight is 335 g/mol. The predicted octanol–water partition coefficient (Wildman–Crippen LogP) is 1.00. The molecule has 132 valence electrons. The summed E-state index contributed by atoms with van der Waals surface area (Å²) in [6.07, 6.45) is 0. The van der Waals surface area contributed by atoms with E-state index in [0.717, 1.165) is 16.9 Å². The molecule has 1 aromatic carbocycles. The Labute approximate surface area is 142 Å². The van der Waals surface area contributed by atoms with Crippen LogP contribution in [0.25, 0.3) is 0 Å². The van der Waals surface area contributed by atoms with Crippen molar-refractivity contribution < 1.29 is 19.1 Å². The van der Waals surface area contributed by atoms with Gasteiger partial charge < -0.3 is 24.6 Å². The molecule has 0 radical (unpaired) electrons. The van der Waals surface area contributed by atoms with Crippen LogP contribution >= 0.6 is 0 Å². The molecule has 0 aromatic heterocycles. The monoisotopic (exact) mass is 335 g/mol. The molecule has 1 heterocycles. The number of urea groups is 1. The number of benzene rings is 1. The second-order valence-electron chi connectivity index (χ2n) is 5.81. The van der Waals surface area contributed by atoms with Gasteiger partial charge in [-0.05, 0) is 30.2 Å². The van der Waals surface area contributed by atoms with Gasteiger partial charge >= 0.3 is 6.03 Å². The average Bonchev–Trinajstić information content (AvgIpc) is 2.58. The quantitative estimate of drug-likeness (QED) is 0.842. The van der Waals surface area contributed by atoms with Gasteiger partial charge in [-0.25, -0.2) is 4.79 Å². The van der Waals surface area contributed by atoms with Crippen LogP contribution < -0.4 is 10.1 Å². The number of rotatable bonds is 6. The van der Waals surface area contributed by atoms with E-state index in [1.165, 1.54) is 0 Å². The molecule has 1 aromatic rings. The summed E-state index contributed by atoms with van der Waals surface area (Å²) in [7, 11) is 3.22. The van der Waals surface area contributed by atoms with Crippen molar-refractivity contribution in [2.45, 2.75) is 13.5 Å². The fourth-order valence-electron chi connectivity index (χ4n) is 2.65. The van der Waals surface area contributed by atoms with E-state index >= 15 is 0 Å². The zero-order valence-electron chi connectivity index (χ0n) is 14.5. The van der Waals surface area contributed by atoms with Gasteiger partial charge in [0, 0.05) is 33.3 Å². The minimum Gasteiger partial charge on any atom is -0.497 e. The van der Waals surface area contributed by atoms with Crippen LogP contribution in [-0.4, -0.2) is 68.7 Å². The molecule has 0 bridgehead atoms. The summed E-state index contributed by atoms with van der Waals surface area (Å²) < 4.78 is 10.2. The number of hydrogen-bond donors (Lipinski definition) is 1. The molecular formula is C17H25N3O4. The lowest BCUT2D eigenvalue weighted by Crippen LogP contribution is -2.55. The van der Waals surface area contributed by atoms with Crippen LogP contribution in [0.1, 0.15) is 11.1 Å². The zero-order chi connectivity index (χ0) is 17.5. The predicted molar refractivity (Wildman–Crippen MR) is 90.0 cm³/mol. The number of ether oxygens (including phenoxy) is 2. The van der Waals surface area contributed by atoms with Crippen LogP contribution in [0, 0.1) is 6.92 Å².